The molecule has 1 fully saturated rings. The van der Waals surface area contributed by atoms with Crippen LogP contribution in [-0.4, -0.2) is 48.4 Å². The second-order valence-corrected chi connectivity index (χ2v) is 5.96. The zero-order valence-electron chi connectivity index (χ0n) is 13.2. The molecule has 0 aliphatic carbocycles. The van der Waals surface area contributed by atoms with Gasteiger partial charge in [-0.1, -0.05) is 13.8 Å². The second kappa shape index (κ2) is 8.47. The Bertz CT molecular complexity index is 473. The van der Waals surface area contributed by atoms with E-state index in [0.29, 0.717) is 6.42 Å². The Morgan fingerprint density at radius 2 is 1.83 bits per heavy atom. The lowest BCUT2D eigenvalue weighted by molar-refractivity contribution is -0.657. The van der Waals surface area contributed by atoms with E-state index in [-0.39, 0.29) is 17.9 Å². The van der Waals surface area contributed by atoms with E-state index in [1.54, 1.807) is 13.8 Å². The van der Waals surface area contributed by atoms with Crippen LogP contribution < -0.4 is 26.2 Å². The minimum Gasteiger partial charge on any atom is -0.550 e. The fourth-order valence-electron chi connectivity index (χ4n) is 2.43. The van der Waals surface area contributed by atoms with Crippen LogP contribution in [0.15, 0.2) is 0 Å². The van der Waals surface area contributed by atoms with Crippen molar-refractivity contribution in [3.63, 3.8) is 0 Å². The zero-order valence-corrected chi connectivity index (χ0v) is 13.2. The molecule has 0 saturated carbocycles. The van der Waals surface area contributed by atoms with Gasteiger partial charge in [-0.05, 0) is 5.92 Å². The smallest absolute Gasteiger partial charge is 0.278 e. The van der Waals surface area contributed by atoms with Crippen LogP contribution in [0.2, 0.25) is 0 Å². The first kappa shape index (κ1) is 18.9. The topological polar surface area (TPSA) is 155 Å². The van der Waals surface area contributed by atoms with Crippen molar-refractivity contribution in [3.8, 4) is 0 Å². The molecule has 0 aromatic rings. The first-order chi connectivity index (χ1) is 10.7. The third-order valence-corrected chi connectivity index (χ3v) is 3.73. The van der Waals surface area contributed by atoms with Crippen LogP contribution in [0.3, 0.4) is 0 Å². The molecule has 130 valence electrons. The predicted octanol–water partition coefficient (Wildman–Crippen LogP) is -4.77. The highest BCUT2D eigenvalue weighted by molar-refractivity contribution is 5.92. The molecule has 1 heterocycles. The predicted molar refractivity (Wildman–Crippen MR) is 73.1 cm³/mol. The maximum absolute atomic E-state index is 12.2. The number of carboxylic acid groups (broad SMARTS) is 2. The number of hydrogen-bond acceptors (Lipinski definition) is 6. The van der Waals surface area contributed by atoms with Crippen LogP contribution in [0, 0.1) is 5.92 Å². The lowest BCUT2D eigenvalue weighted by atomic mass is 10.0. The molecule has 0 unspecified atom stereocenters. The molecule has 1 saturated heterocycles. The normalized spacial score (nSPS) is 19.9. The molecule has 9 heteroatoms. The lowest BCUT2D eigenvalue weighted by Crippen LogP contribution is -2.89. The van der Waals surface area contributed by atoms with Crippen LogP contribution >= 0.6 is 0 Å². The van der Waals surface area contributed by atoms with Crippen molar-refractivity contribution >= 4 is 23.8 Å². The average Bonchev–Trinajstić information content (AvgIpc) is 2.96. The van der Waals surface area contributed by atoms with Crippen molar-refractivity contribution in [1.29, 1.82) is 0 Å². The molecule has 0 bridgehead atoms. The van der Waals surface area contributed by atoms with Crippen molar-refractivity contribution < 1.29 is 34.7 Å². The van der Waals surface area contributed by atoms with Crippen LogP contribution in [0.4, 0.5) is 0 Å². The fourth-order valence-corrected chi connectivity index (χ4v) is 2.43. The number of nitrogens with two attached hydrogens (primary N) is 1. The highest BCUT2D eigenvalue weighted by Crippen LogP contribution is 2.05. The summed E-state index contributed by atoms with van der Waals surface area (Å²) in [5, 5.41) is 28.0. The van der Waals surface area contributed by atoms with Gasteiger partial charge >= 0.3 is 0 Å². The van der Waals surface area contributed by atoms with Gasteiger partial charge in [0.1, 0.15) is 6.04 Å². The molecule has 4 N–H and O–H groups in total. The van der Waals surface area contributed by atoms with Crippen LogP contribution in [-0.2, 0) is 19.2 Å². The molecule has 1 aliphatic rings. The highest BCUT2D eigenvalue weighted by Gasteiger charge is 2.32. The summed E-state index contributed by atoms with van der Waals surface area (Å²) in [5.41, 5.74) is 0. The number of nitrogens with one attached hydrogen (secondary N) is 2. The number of carbonyl (C=O) groups is 4. The van der Waals surface area contributed by atoms with Crippen molar-refractivity contribution in [1.82, 2.24) is 10.6 Å². The van der Waals surface area contributed by atoms with Crippen LogP contribution in [0.25, 0.3) is 0 Å². The maximum atomic E-state index is 12.2. The number of aliphatic carboxylic acids is 2. The highest BCUT2D eigenvalue weighted by atomic mass is 16.4. The quantitative estimate of drug-likeness (QED) is 0.406. The standard InChI is InChI=1S/C14H23N3O6/c1-7(2)11(17-12(20)8-4-3-5-15-8)13(21)16-9(14(22)23)6-10(18)19/h7-9,11,15H,3-6H2,1-2H3,(H,16,21)(H,17,20)(H,18,19)(H,22,23)/p-1/t8-,9-,11-/m0/s1. The van der Waals surface area contributed by atoms with Gasteiger partial charge in [-0.2, -0.15) is 0 Å². The lowest BCUT2D eigenvalue weighted by Gasteiger charge is -2.26. The summed E-state index contributed by atoms with van der Waals surface area (Å²) < 4.78 is 0. The van der Waals surface area contributed by atoms with E-state index >= 15 is 0 Å². The monoisotopic (exact) mass is 328 g/mol. The van der Waals surface area contributed by atoms with Crippen molar-refractivity contribution in [2.45, 2.75) is 51.2 Å². The number of amides is 2. The number of quaternary nitrogens is 1. The third kappa shape index (κ3) is 5.85. The van der Waals surface area contributed by atoms with Crippen molar-refractivity contribution in [2.75, 3.05) is 6.54 Å². The summed E-state index contributed by atoms with van der Waals surface area (Å²) in [6.45, 7) is 4.22. The van der Waals surface area contributed by atoms with Gasteiger partial charge in [0.15, 0.2) is 6.04 Å². The molecule has 0 aromatic heterocycles. The molecule has 9 nitrogen and oxygen atoms in total. The van der Waals surface area contributed by atoms with Crippen LogP contribution in [0.5, 0.6) is 0 Å². The second-order valence-electron chi connectivity index (χ2n) is 5.96. The molecule has 0 spiro atoms. The number of hydrogen-bond donors (Lipinski definition) is 3. The molecule has 1 rings (SSSR count). The number of carbonyl (C=O) groups excluding carboxylic acids is 4. The van der Waals surface area contributed by atoms with Crippen molar-refractivity contribution in [2.24, 2.45) is 5.92 Å². The molecule has 2 amide bonds. The van der Waals surface area contributed by atoms with Gasteiger partial charge in [-0.3, -0.25) is 9.59 Å². The summed E-state index contributed by atoms with van der Waals surface area (Å²) in [7, 11) is 0. The van der Waals surface area contributed by atoms with E-state index in [9.17, 15) is 29.4 Å². The van der Waals surface area contributed by atoms with Gasteiger partial charge in [0.05, 0.1) is 18.6 Å². The number of rotatable bonds is 8. The molecular formula is C14H22N3O6-. The van der Waals surface area contributed by atoms with Gasteiger partial charge < -0.3 is 35.8 Å². The van der Waals surface area contributed by atoms with Gasteiger partial charge in [0.2, 0.25) is 5.91 Å². The minimum absolute atomic E-state index is 0.260. The summed E-state index contributed by atoms with van der Waals surface area (Å²) in [6, 6.07) is -2.92. The third-order valence-electron chi connectivity index (χ3n) is 3.73. The first-order valence-electron chi connectivity index (χ1n) is 7.57. The Morgan fingerprint density at radius 3 is 2.26 bits per heavy atom. The molecule has 1 aliphatic heterocycles. The Labute approximate surface area is 133 Å². The summed E-state index contributed by atoms with van der Waals surface area (Å²) >= 11 is 0. The number of carboxylic acids is 2. The molecule has 23 heavy (non-hydrogen) atoms. The van der Waals surface area contributed by atoms with Crippen molar-refractivity contribution in [3.05, 3.63) is 0 Å². The Kier molecular flexibility index (Phi) is 6.95. The van der Waals surface area contributed by atoms with Gasteiger partial charge in [-0.15, -0.1) is 0 Å². The first-order valence-corrected chi connectivity index (χ1v) is 7.57. The van der Waals surface area contributed by atoms with Gasteiger partial charge in [-0.25, -0.2) is 0 Å². The van der Waals surface area contributed by atoms with Crippen LogP contribution in [0.1, 0.15) is 33.1 Å². The fraction of sp³-hybridized carbons (Fsp3) is 0.714. The minimum atomic E-state index is -1.72. The molecule has 0 radical (unpaired) electrons. The summed E-state index contributed by atoms with van der Waals surface area (Å²) in [4.78, 5) is 45.7. The molecule has 0 aromatic carbocycles. The SMILES string of the molecule is CC(C)[C@H](NC(=O)[C@@H]1CCC[NH2+]1)C(=O)N[C@@H](CC(=O)[O-])C(=O)[O-]. The Hall–Kier alpha value is -2.16. The Morgan fingerprint density at radius 1 is 1.17 bits per heavy atom. The van der Waals surface area contributed by atoms with E-state index in [1.807, 2.05) is 5.32 Å². The molecule has 3 atom stereocenters. The Balaban J connectivity index is 2.71. The maximum Gasteiger partial charge on any atom is 0.278 e. The summed E-state index contributed by atoms with van der Waals surface area (Å²) in [6.07, 6.45) is 0.725. The van der Waals surface area contributed by atoms with Gasteiger partial charge in [0, 0.05) is 25.2 Å². The van der Waals surface area contributed by atoms with E-state index in [0.717, 1.165) is 13.0 Å². The van der Waals surface area contributed by atoms with Gasteiger partial charge in [0.25, 0.3) is 5.91 Å². The zero-order chi connectivity index (χ0) is 17.6. The van der Waals surface area contributed by atoms with E-state index in [2.05, 4.69) is 10.6 Å². The van der Waals surface area contributed by atoms with E-state index < -0.39 is 36.4 Å². The largest absolute Gasteiger partial charge is 0.550 e. The molecular weight excluding hydrogens is 306 g/mol. The van der Waals surface area contributed by atoms with E-state index in [4.69, 9.17) is 0 Å². The van der Waals surface area contributed by atoms with E-state index in [1.165, 1.54) is 0 Å². The average molecular weight is 328 g/mol. The summed E-state index contributed by atoms with van der Waals surface area (Å²) in [5.74, 6) is -4.69.